The van der Waals surface area contributed by atoms with E-state index in [1.807, 2.05) is 0 Å². The van der Waals surface area contributed by atoms with Gasteiger partial charge in [-0.3, -0.25) is 0 Å². The van der Waals surface area contributed by atoms with Crippen molar-refractivity contribution in [3.05, 3.63) is 59.2 Å². The van der Waals surface area contributed by atoms with Crippen LogP contribution in [0.1, 0.15) is 36.6 Å². The largest absolute Gasteiger partial charge is 0.449 e. The van der Waals surface area contributed by atoms with Crippen molar-refractivity contribution in [1.82, 2.24) is 5.32 Å². The Morgan fingerprint density at radius 1 is 1.09 bits per heavy atom. The van der Waals surface area contributed by atoms with E-state index in [1.165, 1.54) is 22.3 Å². The second-order valence-corrected chi connectivity index (χ2v) is 6.89. The van der Waals surface area contributed by atoms with Crippen molar-refractivity contribution in [1.29, 1.82) is 0 Å². The molecule has 0 aromatic heterocycles. The monoisotopic (exact) mass is 329 g/mol. The molecule has 2 aliphatic rings. The highest BCUT2D eigenvalue weighted by Crippen LogP contribution is 2.41. The number of ether oxygens (including phenoxy) is 1. The number of nitrogens with one attached hydrogen (secondary N) is 1. The molecule has 2 aromatic rings. The van der Waals surface area contributed by atoms with Crippen molar-refractivity contribution in [2.24, 2.45) is 5.41 Å². The summed E-state index contributed by atoms with van der Waals surface area (Å²) >= 11 is 0. The van der Waals surface area contributed by atoms with Crippen molar-refractivity contribution in [2.75, 3.05) is 6.61 Å². The number of carbonyl (C=O) groups excluding carboxylic acids is 1. The Morgan fingerprint density at radius 2 is 1.83 bits per heavy atom. The zero-order chi connectivity index (χ0) is 15.3. The first kappa shape index (κ1) is 15.9. The standard InChI is InChI=1S/C19H19NO2.ClH/c1-19(2)11-22-18(21)20-17(19)13-7-8-16-14(10-13)9-12-5-3-4-6-15(12)16;/h3-8,10,17H,9,11H2,1-2H3,(H,20,21);1H/t17-;/m1./s1. The SMILES string of the molecule is CC1(C)COC(=O)N[C@@H]1c1ccc2c(c1)Cc1ccccc1-2.Cl. The Kier molecular flexibility index (Phi) is 3.85. The van der Waals surface area contributed by atoms with Crippen LogP contribution in [0.2, 0.25) is 0 Å². The fourth-order valence-corrected chi connectivity index (χ4v) is 3.57. The summed E-state index contributed by atoms with van der Waals surface area (Å²) < 4.78 is 5.14. The van der Waals surface area contributed by atoms with Gasteiger partial charge in [0, 0.05) is 5.41 Å². The number of hydrogen-bond acceptors (Lipinski definition) is 2. The zero-order valence-electron chi connectivity index (χ0n) is 13.3. The number of amides is 1. The lowest BCUT2D eigenvalue weighted by Crippen LogP contribution is -2.46. The number of rotatable bonds is 1. The second kappa shape index (κ2) is 5.57. The summed E-state index contributed by atoms with van der Waals surface area (Å²) in [6, 6.07) is 15.1. The number of fused-ring (bicyclic) bond motifs is 3. The predicted octanol–water partition coefficient (Wildman–Crippen LogP) is 4.49. The second-order valence-electron chi connectivity index (χ2n) is 6.89. The lowest BCUT2D eigenvalue weighted by molar-refractivity contribution is 0.0387. The van der Waals surface area contributed by atoms with Gasteiger partial charge in [0.2, 0.25) is 0 Å². The number of cyclic esters (lactones) is 1. The van der Waals surface area contributed by atoms with Crippen LogP contribution >= 0.6 is 12.4 Å². The molecule has 0 bridgehead atoms. The molecule has 0 radical (unpaired) electrons. The Labute approximate surface area is 142 Å². The van der Waals surface area contributed by atoms with Gasteiger partial charge in [0.25, 0.3) is 0 Å². The molecule has 1 fully saturated rings. The predicted molar refractivity (Wildman–Crippen MR) is 92.9 cm³/mol. The Hall–Kier alpha value is -2.00. The van der Waals surface area contributed by atoms with E-state index < -0.39 is 0 Å². The minimum absolute atomic E-state index is 0. The molecule has 4 rings (SSSR count). The maximum Gasteiger partial charge on any atom is 0.407 e. The molecule has 3 nitrogen and oxygen atoms in total. The maximum atomic E-state index is 11.6. The molecule has 1 saturated heterocycles. The summed E-state index contributed by atoms with van der Waals surface area (Å²) in [4.78, 5) is 11.6. The Balaban J connectivity index is 0.00000156. The zero-order valence-corrected chi connectivity index (χ0v) is 14.1. The van der Waals surface area contributed by atoms with Crippen molar-refractivity contribution < 1.29 is 9.53 Å². The van der Waals surface area contributed by atoms with Crippen molar-refractivity contribution >= 4 is 18.5 Å². The van der Waals surface area contributed by atoms with Gasteiger partial charge in [0.15, 0.2) is 0 Å². The minimum Gasteiger partial charge on any atom is -0.449 e. The molecule has 1 N–H and O–H groups in total. The average Bonchev–Trinajstić information content (AvgIpc) is 2.87. The van der Waals surface area contributed by atoms with E-state index in [0.29, 0.717) is 6.61 Å². The molecule has 0 saturated carbocycles. The van der Waals surface area contributed by atoms with E-state index in [1.54, 1.807) is 0 Å². The highest BCUT2D eigenvalue weighted by molar-refractivity contribution is 5.85. The number of hydrogen-bond donors (Lipinski definition) is 1. The molecule has 4 heteroatoms. The van der Waals surface area contributed by atoms with Gasteiger partial charge in [0.05, 0.1) is 6.04 Å². The molecule has 0 unspecified atom stereocenters. The van der Waals surface area contributed by atoms with Gasteiger partial charge < -0.3 is 10.1 Å². The maximum absolute atomic E-state index is 11.6. The summed E-state index contributed by atoms with van der Waals surface area (Å²) in [6.45, 7) is 4.69. The normalized spacial score (nSPS) is 20.6. The summed E-state index contributed by atoms with van der Waals surface area (Å²) in [5, 5.41) is 2.97. The van der Waals surface area contributed by atoms with E-state index in [-0.39, 0.29) is 30.0 Å². The van der Waals surface area contributed by atoms with Gasteiger partial charge >= 0.3 is 6.09 Å². The fraction of sp³-hybridized carbons (Fsp3) is 0.316. The quantitative estimate of drug-likeness (QED) is 0.714. The minimum atomic E-state index is -0.326. The topological polar surface area (TPSA) is 38.3 Å². The first-order chi connectivity index (χ1) is 10.5. The van der Waals surface area contributed by atoms with Crippen LogP contribution in [0, 0.1) is 5.41 Å². The first-order valence-corrected chi connectivity index (χ1v) is 7.69. The molecular formula is C19H20ClNO2. The van der Waals surface area contributed by atoms with Crippen LogP contribution in [0.5, 0.6) is 0 Å². The van der Waals surface area contributed by atoms with Crippen LogP contribution in [0.15, 0.2) is 42.5 Å². The van der Waals surface area contributed by atoms with E-state index in [9.17, 15) is 4.79 Å². The Morgan fingerprint density at radius 3 is 2.65 bits per heavy atom. The molecular weight excluding hydrogens is 310 g/mol. The van der Waals surface area contributed by atoms with E-state index in [0.717, 1.165) is 12.0 Å². The Bertz CT molecular complexity index is 770. The third kappa shape index (κ3) is 2.59. The fourth-order valence-electron chi connectivity index (χ4n) is 3.57. The van der Waals surface area contributed by atoms with Gasteiger partial charge in [0.1, 0.15) is 6.61 Å². The van der Waals surface area contributed by atoms with Crippen molar-refractivity contribution in [3.63, 3.8) is 0 Å². The van der Waals surface area contributed by atoms with E-state index >= 15 is 0 Å². The lowest BCUT2D eigenvalue weighted by atomic mass is 9.79. The first-order valence-electron chi connectivity index (χ1n) is 7.69. The number of halogens is 1. The highest BCUT2D eigenvalue weighted by Gasteiger charge is 2.38. The summed E-state index contributed by atoms with van der Waals surface area (Å²) in [7, 11) is 0. The van der Waals surface area contributed by atoms with Crippen molar-refractivity contribution in [3.8, 4) is 11.1 Å². The average molecular weight is 330 g/mol. The number of benzene rings is 2. The third-order valence-electron chi connectivity index (χ3n) is 4.77. The summed E-state index contributed by atoms with van der Waals surface area (Å²) in [5.41, 5.74) is 6.41. The summed E-state index contributed by atoms with van der Waals surface area (Å²) in [6.07, 6.45) is 0.643. The molecule has 1 heterocycles. The van der Waals surface area contributed by atoms with Crippen molar-refractivity contribution in [2.45, 2.75) is 26.3 Å². The molecule has 2 aromatic carbocycles. The molecule has 1 aliphatic heterocycles. The molecule has 0 spiro atoms. The van der Waals surface area contributed by atoms with Crippen LogP contribution in [0.25, 0.3) is 11.1 Å². The summed E-state index contributed by atoms with van der Waals surface area (Å²) in [5.74, 6) is 0. The molecule has 1 amide bonds. The van der Waals surface area contributed by atoms with Gasteiger partial charge in [-0.25, -0.2) is 4.79 Å². The van der Waals surface area contributed by atoms with Gasteiger partial charge in [-0.15, -0.1) is 12.4 Å². The van der Waals surface area contributed by atoms with Crippen LogP contribution in [-0.4, -0.2) is 12.7 Å². The third-order valence-corrected chi connectivity index (χ3v) is 4.77. The molecule has 1 atom stereocenters. The smallest absolute Gasteiger partial charge is 0.407 e. The van der Waals surface area contributed by atoms with Crippen LogP contribution in [-0.2, 0) is 11.2 Å². The molecule has 1 aliphatic carbocycles. The van der Waals surface area contributed by atoms with Crippen LogP contribution < -0.4 is 5.32 Å². The molecule has 23 heavy (non-hydrogen) atoms. The van der Waals surface area contributed by atoms with Gasteiger partial charge in [-0.05, 0) is 34.2 Å². The van der Waals surface area contributed by atoms with E-state index in [4.69, 9.17) is 4.74 Å². The number of carbonyl (C=O) groups is 1. The highest BCUT2D eigenvalue weighted by atomic mass is 35.5. The van der Waals surface area contributed by atoms with E-state index in [2.05, 4.69) is 61.6 Å². The van der Waals surface area contributed by atoms with Gasteiger partial charge in [-0.1, -0.05) is 56.3 Å². The van der Waals surface area contributed by atoms with Crippen LogP contribution in [0.4, 0.5) is 4.79 Å². The van der Waals surface area contributed by atoms with Gasteiger partial charge in [-0.2, -0.15) is 0 Å². The lowest BCUT2D eigenvalue weighted by Gasteiger charge is -2.38. The number of alkyl carbamates (subject to hydrolysis) is 1. The molecule has 120 valence electrons. The van der Waals surface area contributed by atoms with Crippen LogP contribution in [0.3, 0.4) is 0 Å².